The molecular weight excluding hydrogens is 289 g/mol. The first-order chi connectivity index (χ1) is 8.74. The van der Waals surface area contributed by atoms with Gasteiger partial charge >= 0.3 is 0 Å². The van der Waals surface area contributed by atoms with Gasteiger partial charge in [-0.05, 0) is 25.1 Å². The Hall–Kier alpha value is -0.550. The lowest BCUT2D eigenvalue weighted by Crippen LogP contribution is -2.27. The molecule has 1 fully saturated rings. The molecule has 0 aliphatic carbocycles. The van der Waals surface area contributed by atoms with Gasteiger partial charge in [0, 0.05) is 24.7 Å². The van der Waals surface area contributed by atoms with Crippen molar-refractivity contribution < 1.29 is 0 Å². The normalized spacial score (nSPS) is 17.1. The molecule has 0 spiro atoms. The molecule has 6 heteroatoms. The van der Waals surface area contributed by atoms with Gasteiger partial charge in [0.05, 0.1) is 9.72 Å². The maximum absolute atomic E-state index is 6.18. The van der Waals surface area contributed by atoms with Crippen LogP contribution in [0.15, 0.2) is 12.1 Å². The van der Waals surface area contributed by atoms with Gasteiger partial charge in [-0.2, -0.15) is 0 Å². The van der Waals surface area contributed by atoms with Crippen molar-refractivity contribution >= 4 is 49.9 Å². The average Bonchev–Trinajstić information content (AvgIpc) is 2.59. The van der Waals surface area contributed by atoms with E-state index in [2.05, 4.69) is 15.2 Å². The molecule has 1 N–H and O–H groups in total. The van der Waals surface area contributed by atoms with E-state index in [0.717, 1.165) is 47.9 Å². The third-order valence-corrected chi connectivity index (χ3v) is 4.58. The summed E-state index contributed by atoms with van der Waals surface area (Å²) >= 11 is 13.9. The highest BCUT2D eigenvalue weighted by atomic mass is 35.5. The Morgan fingerprint density at radius 2 is 2.11 bits per heavy atom. The second-order valence-electron chi connectivity index (χ2n) is 4.32. The fourth-order valence-electron chi connectivity index (χ4n) is 2.12. The quantitative estimate of drug-likeness (QED) is 0.875. The van der Waals surface area contributed by atoms with Crippen molar-refractivity contribution in [2.75, 3.05) is 31.1 Å². The number of hydrogen-bond acceptors (Lipinski definition) is 4. The van der Waals surface area contributed by atoms with Crippen molar-refractivity contribution in [3.63, 3.8) is 0 Å². The van der Waals surface area contributed by atoms with Gasteiger partial charge < -0.3 is 10.2 Å². The van der Waals surface area contributed by atoms with Crippen molar-refractivity contribution in [3.05, 3.63) is 22.2 Å². The molecule has 18 heavy (non-hydrogen) atoms. The number of aromatic nitrogens is 1. The molecule has 0 radical (unpaired) electrons. The fourth-order valence-corrected chi connectivity index (χ4v) is 3.86. The molecule has 0 bridgehead atoms. The number of nitrogens with zero attached hydrogens (tertiary/aromatic N) is 2. The van der Waals surface area contributed by atoms with E-state index in [0.29, 0.717) is 10.0 Å². The molecule has 1 aliphatic rings. The maximum Gasteiger partial charge on any atom is 0.186 e. The molecule has 1 aliphatic heterocycles. The van der Waals surface area contributed by atoms with Crippen LogP contribution >= 0.6 is 34.5 Å². The molecule has 3 nitrogen and oxygen atoms in total. The Morgan fingerprint density at radius 3 is 3.00 bits per heavy atom. The summed E-state index contributed by atoms with van der Waals surface area (Å²) in [6.07, 6.45) is 1.14. The van der Waals surface area contributed by atoms with Crippen LogP contribution in [0.1, 0.15) is 6.42 Å². The molecule has 1 saturated heterocycles. The van der Waals surface area contributed by atoms with Crippen LogP contribution in [-0.4, -0.2) is 31.2 Å². The summed E-state index contributed by atoms with van der Waals surface area (Å²) < 4.78 is 1.06. The highest BCUT2D eigenvalue weighted by molar-refractivity contribution is 7.22. The van der Waals surface area contributed by atoms with Crippen molar-refractivity contribution in [3.8, 4) is 0 Å². The van der Waals surface area contributed by atoms with E-state index < -0.39 is 0 Å². The van der Waals surface area contributed by atoms with Crippen LogP contribution < -0.4 is 10.2 Å². The molecule has 96 valence electrons. The Balaban J connectivity index is 1.99. The number of anilines is 1. The molecule has 0 amide bonds. The zero-order valence-corrected chi connectivity index (χ0v) is 12.1. The first-order valence-corrected chi connectivity index (χ1v) is 7.52. The first-order valence-electron chi connectivity index (χ1n) is 5.95. The number of nitrogens with one attached hydrogen (secondary N) is 1. The molecule has 2 aromatic rings. The molecule has 0 saturated carbocycles. The third kappa shape index (κ3) is 2.43. The Bertz CT molecular complexity index is 562. The number of fused-ring (bicyclic) bond motifs is 1. The van der Waals surface area contributed by atoms with Crippen molar-refractivity contribution in [1.82, 2.24) is 10.3 Å². The topological polar surface area (TPSA) is 28.2 Å². The third-order valence-electron chi connectivity index (χ3n) is 3.01. The van der Waals surface area contributed by atoms with Gasteiger partial charge in [-0.3, -0.25) is 0 Å². The van der Waals surface area contributed by atoms with Crippen LogP contribution in [0.2, 0.25) is 10.0 Å². The second kappa shape index (κ2) is 5.21. The lowest BCUT2D eigenvalue weighted by Gasteiger charge is -2.17. The maximum atomic E-state index is 6.18. The molecular formula is C12H13Cl2N3S. The Kier molecular flexibility index (Phi) is 3.61. The minimum absolute atomic E-state index is 0.632. The highest BCUT2D eigenvalue weighted by Gasteiger charge is 2.15. The van der Waals surface area contributed by atoms with Gasteiger partial charge in [-0.15, -0.1) is 0 Å². The molecule has 1 aromatic heterocycles. The molecule has 0 atom stereocenters. The number of hydrogen-bond donors (Lipinski definition) is 1. The Morgan fingerprint density at radius 1 is 1.22 bits per heavy atom. The highest BCUT2D eigenvalue weighted by Crippen LogP contribution is 2.35. The summed E-state index contributed by atoms with van der Waals surface area (Å²) in [5.74, 6) is 0. The predicted octanol–water partition coefficient (Wildman–Crippen LogP) is 3.40. The number of rotatable bonds is 1. The zero-order chi connectivity index (χ0) is 12.5. The van der Waals surface area contributed by atoms with Crippen LogP contribution in [0.3, 0.4) is 0 Å². The summed E-state index contributed by atoms with van der Waals surface area (Å²) in [6.45, 7) is 4.11. The van der Waals surface area contributed by atoms with Gasteiger partial charge in [-0.25, -0.2) is 4.98 Å². The van der Waals surface area contributed by atoms with E-state index in [1.165, 1.54) is 0 Å². The Labute approximate surface area is 120 Å². The smallest absolute Gasteiger partial charge is 0.186 e. The number of halogens is 2. The van der Waals surface area contributed by atoms with E-state index in [1.807, 2.05) is 6.07 Å². The minimum atomic E-state index is 0.632. The van der Waals surface area contributed by atoms with Crippen LogP contribution in [0.25, 0.3) is 10.2 Å². The predicted molar refractivity (Wildman–Crippen MR) is 79.3 cm³/mol. The van der Waals surface area contributed by atoms with E-state index in [-0.39, 0.29) is 0 Å². The molecule has 3 rings (SSSR count). The van der Waals surface area contributed by atoms with Gasteiger partial charge in [0.15, 0.2) is 5.13 Å². The zero-order valence-electron chi connectivity index (χ0n) is 9.75. The summed E-state index contributed by atoms with van der Waals surface area (Å²) in [7, 11) is 0. The van der Waals surface area contributed by atoms with Gasteiger partial charge in [0.25, 0.3) is 0 Å². The summed E-state index contributed by atoms with van der Waals surface area (Å²) in [6, 6.07) is 3.68. The summed E-state index contributed by atoms with van der Waals surface area (Å²) in [5, 5.41) is 5.73. The van der Waals surface area contributed by atoms with E-state index in [1.54, 1.807) is 17.4 Å². The van der Waals surface area contributed by atoms with E-state index in [4.69, 9.17) is 23.2 Å². The molecule has 2 heterocycles. The van der Waals surface area contributed by atoms with E-state index in [9.17, 15) is 0 Å². The lowest BCUT2D eigenvalue weighted by atomic mass is 10.3. The first kappa shape index (κ1) is 12.5. The number of thiazole rings is 1. The molecule has 0 unspecified atom stereocenters. The van der Waals surface area contributed by atoms with Crippen LogP contribution in [0, 0.1) is 0 Å². The van der Waals surface area contributed by atoms with Crippen molar-refractivity contribution in [1.29, 1.82) is 0 Å². The minimum Gasteiger partial charge on any atom is -0.347 e. The second-order valence-corrected chi connectivity index (χ2v) is 6.17. The van der Waals surface area contributed by atoms with Crippen LogP contribution in [0.4, 0.5) is 5.13 Å². The van der Waals surface area contributed by atoms with Crippen molar-refractivity contribution in [2.45, 2.75) is 6.42 Å². The monoisotopic (exact) mass is 301 g/mol. The lowest BCUT2D eigenvalue weighted by molar-refractivity contribution is 0.724. The summed E-state index contributed by atoms with van der Waals surface area (Å²) in [4.78, 5) is 6.96. The van der Waals surface area contributed by atoms with E-state index >= 15 is 0 Å². The van der Waals surface area contributed by atoms with Gasteiger partial charge in [0.2, 0.25) is 0 Å². The van der Waals surface area contributed by atoms with Gasteiger partial charge in [-0.1, -0.05) is 34.5 Å². The standard InChI is InChI=1S/C12H13Cl2N3S/c13-8-6-9(14)11-10(7-8)18-12(16-11)17-4-1-2-15-3-5-17/h6-7,15H,1-5H2. The fraction of sp³-hybridized carbons (Fsp3) is 0.417. The summed E-state index contributed by atoms with van der Waals surface area (Å²) in [5.41, 5.74) is 0.860. The van der Waals surface area contributed by atoms with Crippen LogP contribution in [-0.2, 0) is 0 Å². The van der Waals surface area contributed by atoms with Crippen LogP contribution in [0.5, 0.6) is 0 Å². The van der Waals surface area contributed by atoms with Crippen molar-refractivity contribution in [2.24, 2.45) is 0 Å². The SMILES string of the molecule is Clc1cc(Cl)c2nc(N3CCCNCC3)sc2c1. The number of benzene rings is 1. The largest absolute Gasteiger partial charge is 0.347 e. The molecule has 1 aromatic carbocycles. The van der Waals surface area contributed by atoms with Gasteiger partial charge in [0.1, 0.15) is 5.52 Å². The average molecular weight is 302 g/mol.